The van der Waals surface area contributed by atoms with Gasteiger partial charge in [-0.15, -0.1) is 0 Å². The molecule has 4 heteroatoms. The first-order valence-corrected chi connectivity index (χ1v) is 6.72. The highest BCUT2D eigenvalue weighted by atomic mass is 15.4. The van der Waals surface area contributed by atoms with E-state index in [9.17, 15) is 0 Å². The lowest BCUT2D eigenvalue weighted by atomic mass is 10.1. The fourth-order valence-electron chi connectivity index (χ4n) is 2.38. The van der Waals surface area contributed by atoms with Gasteiger partial charge in [-0.25, -0.2) is 0 Å². The van der Waals surface area contributed by atoms with Crippen molar-refractivity contribution < 1.29 is 0 Å². The van der Waals surface area contributed by atoms with Crippen molar-refractivity contribution in [2.45, 2.75) is 20.4 Å². The standard InChI is InChI=1S/C16H18N4/c1-12-8-9-13(2)20(12)18-11-15-10-17-19-16(15)14-6-4-3-5-7-14/h3-10,18H,11H2,1-2H3,(H,17,19). The fourth-order valence-corrected chi connectivity index (χ4v) is 2.38. The van der Waals surface area contributed by atoms with Crippen LogP contribution in [0.4, 0.5) is 0 Å². The molecule has 3 rings (SSSR count). The van der Waals surface area contributed by atoms with E-state index in [1.165, 1.54) is 11.4 Å². The van der Waals surface area contributed by atoms with Gasteiger partial charge in [-0.3, -0.25) is 9.77 Å². The Labute approximate surface area is 118 Å². The van der Waals surface area contributed by atoms with E-state index in [-0.39, 0.29) is 0 Å². The van der Waals surface area contributed by atoms with E-state index in [4.69, 9.17) is 0 Å². The Morgan fingerprint density at radius 2 is 1.75 bits per heavy atom. The minimum atomic E-state index is 0.733. The number of benzene rings is 1. The van der Waals surface area contributed by atoms with Crippen LogP contribution in [0.2, 0.25) is 0 Å². The second kappa shape index (κ2) is 5.25. The molecule has 0 saturated heterocycles. The van der Waals surface area contributed by atoms with Crippen molar-refractivity contribution >= 4 is 0 Å². The molecular formula is C16H18N4. The molecule has 0 amide bonds. The largest absolute Gasteiger partial charge is 0.321 e. The van der Waals surface area contributed by atoms with E-state index >= 15 is 0 Å². The maximum absolute atomic E-state index is 4.17. The van der Waals surface area contributed by atoms with Crippen LogP contribution in [0.3, 0.4) is 0 Å². The van der Waals surface area contributed by atoms with Crippen LogP contribution in [0, 0.1) is 13.8 Å². The lowest BCUT2D eigenvalue weighted by molar-refractivity contribution is 0.793. The molecular weight excluding hydrogens is 248 g/mol. The molecule has 0 unspecified atom stereocenters. The fraction of sp³-hybridized carbons (Fsp3) is 0.188. The molecule has 20 heavy (non-hydrogen) atoms. The number of rotatable bonds is 4. The van der Waals surface area contributed by atoms with Gasteiger partial charge in [-0.2, -0.15) is 5.10 Å². The summed E-state index contributed by atoms with van der Waals surface area (Å²) in [6.07, 6.45) is 1.88. The molecule has 0 aliphatic heterocycles. The van der Waals surface area contributed by atoms with Crippen LogP contribution < -0.4 is 5.43 Å². The average molecular weight is 266 g/mol. The molecule has 2 N–H and O–H groups in total. The number of aromatic nitrogens is 3. The lowest BCUT2D eigenvalue weighted by Gasteiger charge is -2.12. The summed E-state index contributed by atoms with van der Waals surface area (Å²) in [5, 5.41) is 7.25. The summed E-state index contributed by atoms with van der Waals surface area (Å²) in [5.41, 5.74) is 9.21. The molecule has 102 valence electrons. The Morgan fingerprint density at radius 1 is 1.05 bits per heavy atom. The predicted molar refractivity (Wildman–Crippen MR) is 81.0 cm³/mol. The van der Waals surface area contributed by atoms with Gasteiger partial charge in [-0.05, 0) is 31.5 Å². The number of aryl methyl sites for hydroxylation is 2. The summed E-state index contributed by atoms with van der Waals surface area (Å²) in [5.74, 6) is 0. The Bertz CT molecular complexity index is 675. The van der Waals surface area contributed by atoms with Crippen LogP contribution in [-0.4, -0.2) is 14.9 Å². The van der Waals surface area contributed by atoms with E-state index in [0.717, 1.165) is 23.4 Å². The summed E-state index contributed by atoms with van der Waals surface area (Å²) in [4.78, 5) is 0. The maximum atomic E-state index is 4.17. The molecule has 0 fully saturated rings. The van der Waals surface area contributed by atoms with Gasteiger partial charge in [0.25, 0.3) is 0 Å². The minimum absolute atomic E-state index is 0.733. The van der Waals surface area contributed by atoms with Crippen molar-refractivity contribution in [3.63, 3.8) is 0 Å². The second-order valence-electron chi connectivity index (χ2n) is 4.92. The third-order valence-electron chi connectivity index (χ3n) is 3.48. The number of hydrogen-bond donors (Lipinski definition) is 2. The number of aromatic amines is 1. The SMILES string of the molecule is Cc1ccc(C)n1NCc1cn[nH]c1-c1ccccc1. The first-order valence-electron chi connectivity index (χ1n) is 6.72. The van der Waals surface area contributed by atoms with Gasteiger partial charge in [0.2, 0.25) is 0 Å². The van der Waals surface area contributed by atoms with Crippen molar-refractivity contribution in [3.05, 3.63) is 65.6 Å². The van der Waals surface area contributed by atoms with Gasteiger partial charge in [0.15, 0.2) is 0 Å². The summed E-state index contributed by atoms with van der Waals surface area (Å²) in [7, 11) is 0. The summed E-state index contributed by atoms with van der Waals surface area (Å²) in [6.45, 7) is 4.91. The maximum Gasteiger partial charge on any atom is 0.0700 e. The van der Waals surface area contributed by atoms with Gasteiger partial charge in [-0.1, -0.05) is 30.3 Å². The molecule has 1 aromatic carbocycles. The smallest absolute Gasteiger partial charge is 0.0700 e. The molecule has 2 heterocycles. The van der Waals surface area contributed by atoms with E-state index in [2.05, 4.69) is 58.4 Å². The Kier molecular flexibility index (Phi) is 3.29. The quantitative estimate of drug-likeness (QED) is 0.761. The third kappa shape index (κ3) is 2.32. The van der Waals surface area contributed by atoms with Crippen LogP contribution in [0.1, 0.15) is 17.0 Å². The van der Waals surface area contributed by atoms with E-state index < -0.39 is 0 Å². The third-order valence-corrected chi connectivity index (χ3v) is 3.48. The zero-order valence-corrected chi connectivity index (χ0v) is 11.7. The highest BCUT2D eigenvalue weighted by Gasteiger charge is 2.08. The molecule has 0 bridgehead atoms. The monoisotopic (exact) mass is 266 g/mol. The van der Waals surface area contributed by atoms with Crippen LogP contribution in [0.5, 0.6) is 0 Å². The van der Waals surface area contributed by atoms with E-state index in [1.807, 2.05) is 24.4 Å². The van der Waals surface area contributed by atoms with Crippen molar-refractivity contribution in [1.82, 2.24) is 14.9 Å². The zero-order chi connectivity index (χ0) is 13.9. The molecule has 0 radical (unpaired) electrons. The minimum Gasteiger partial charge on any atom is -0.321 e. The van der Waals surface area contributed by atoms with Crippen molar-refractivity contribution in [2.24, 2.45) is 0 Å². The first-order chi connectivity index (χ1) is 9.75. The van der Waals surface area contributed by atoms with Crippen LogP contribution in [-0.2, 0) is 6.54 Å². The number of hydrogen-bond acceptors (Lipinski definition) is 2. The van der Waals surface area contributed by atoms with Gasteiger partial charge in [0, 0.05) is 17.0 Å². The lowest BCUT2D eigenvalue weighted by Crippen LogP contribution is -2.16. The highest BCUT2D eigenvalue weighted by molar-refractivity contribution is 5.62. The second-order valence-corrected chi connectivity index (χ2v) is 4.92. The van der Waals surface area contributed by atoms with Gasteiger partial charge >= 0.3 is 0 Å². The molecule has 4 nitrogen and oxygen atoms in total. The topological polar surface area (TPSA) is 45.6 Å². The molecule has 3 aromatic rings. The van der Waals surface area contributed by atoms with E-state index in [0.29, 0.717) is 0 Å². The van der Waals surface area contributed by atoms with Gasteiger partial charge in [0.1, 0.15) is 0 Å². The molecule has 2 aromatic heterocycles. The van der Waals surface area contributed by atoms with Crippen molar-refractivity contribution in [3.8, 4) is 11.3 Å². The predicted octanol–water partition coefficient (Wildman–Crippen LogP) is 3.24. The van der Waals surface area contributed by atoms with Crippen molar-refractivity contribution in [2.75, 3.05) is 5.43 Å². The van der Waals surface area contributed by atoms with Crippen molar-refractivity contribution in [1.29, 1.82) is 0 Å². The summed E-state index contributed by atoms with van der Waals surface area (Å²) >= 11 is 0. The normalized spacial score (nSPS) is 10.7. The molecule has 0 atom stereocenters. The Morgan fingerprint density at radius 3 is 2.45 bits per heavy atom. The average Bonchev–Trinajstić information content (AvgIpc) is 3.06. The summed E-state index contributed by atoms with van der Waals surface area (Å²) in [6, 6.07) is 14.5. The number of nitrogens with one attached hydrogen (secondary N) is 2. The summed E-state index contributed by atoms with van der Waals surface area (Å²) < 4.78 is 2.10. The Hall–Kier alpha value is -2.49. The van der Waals surface area contributed by atoms with E-state index in [1.54, 1.807) is 0 Å². The van der Waals surface area contributed by atoms with Crippen LogP contribution >= 0.6 is 0 Å². The highest BCUT2D eigenvalue weighted by Crippen LogP contribution is 2.20. The van der Waals surface area contributed by atoms with Gasteiger partial charge < -0.3 is 5.43 Å². The van der Waals surface area contributed by atoms with Crippen LogP contribution in [0.15, 0.2) is 48.7 Å². The molecule has 0 saturated carbocycles. The van der Waals surface area contributed by atoms with Crippen LogP contribution in [0.25, 0.3) is 11.3 Å². The molecule has 0 aliphatic carbocycles. The number of H-pyrrole nitrogens is 1. The van der Waals surface area contributed by atoms with Gasteiger partial charge in [0.05, 0.1) is 18.4 Å². The molecule has 0 spiro atoms. The Balaban J connectivity index is 1.81. The zero-order valence-electron chi connectivity index (χ0n) is 11.7. The molecule has 0 aliphatic rings. The number of nitrogens with zero attached hydrogens (tertiary/aromatic N) is 2. The first kappa shape index (κ1) is 12.5.